The van der Waals surface area contributed by atoms with E-state index in [1.807, 2.05) is 0 Å². The topological polar surface area (TPSA) is 179 Å². The largest absolute Gasteiger partial charge is 0.504 e. The summed E-state index contributed by atoms with van der Waals surface area (Å²) < 4.78 is 21.5. The van der Waals surface area contributed by atoms with E-state index >= 15 is 0 Å². The van der Waals surface area contributed by atoms with Gasteiger partial charge in [0.15, 0.2) is 17.3 Å². The number of phenols is 2. The van der Waals surface area contributed by atoms with Crippen molar-refractivity contribution in [3.8, 4) is 40.1 Å². The van der Waals surface area contributed by atoms with E-state index in [9.17, 15) is 35.4 Å². The molecule has 1 saturated heterocycles. The van der Waals surface area contributed by atoms with Crippen molar-refractivity contribution in [3.63, 3.8) is 0 Å². The summed E-state index contributed by atoms with van der Waals surface area (Å²) in [6.07, 6.45) is -6.21. The van der Waals surface area contributed by atoms with Gasteiger partial charge in [0.25, 0.3) is 0 Å². The Morgan fingerprint density at radius 1 is 0.939 bits per heavy atom. The number of phenolic OH excluding ortho intramolecular Hbond substituents is 2. The zero-order chi connectivity index (χ0) is 24.0. The van der Waals surface area contributed by atoms with Crippen LogP contribution in [0.1, 0.15) is 6.92 Å². The maximum absolute atomic E-state index is 12.7. The minimum atomic E-state index is -1.49. The van der Waals surface area contributed by atoms with Gasteiger partial charge in [0, 0.05) is 11.6 Å². The summed E-state index contributed by atoms with van der Waals surface area (Å²) in [5.41, 5.74) is -0.723. The highest BCUT2D eigenvalue weighted by molar-refractivity contribution is 5.91. The summed E-state index contributed by atoms with van der Waals surface area (Å²) >= 11 is 0. The Bertz CT molecular complexity index is 1230. The molecule has 0 radical (unpaired) electrons. The van der Waals surface area contributed by atoms with Crippen molar-refractivity contribution in [3.05, 3.63) is 40.6 Å². The van der Waals surface area contributed by atoms with Gasteiger partial charge in [0.2, 0.25) is 23.2 Å². The lowest BCUT2D eigenvalue weighted by molar-refractivity contribution is -0.268. The third-order valence-electron chi connectivity index (χ3n) is 5.45. The monoisotopic (exact) mass is 462 g/mol. The summed E-state index contributed by atoms with van der Waals surface area (Å²) in [6, 6.07) is 6.84. The fourth-order valence-electron chi connectivity index (χ4n) is 3.61. The summed E-state index contributed by atoms with van der Waals surface area (Å²) in [5, 5.41) is 59.7. The van der Waals surface area contributed by atoms with Gasteiger partial charge in [0.1, 0.15) is 35.0 Å². The van der Waals surface area contributed by atoms with Crippen LogP contribution < -0.4 is 14.9 Å². The molecular weight excluding hydrogens is 440 g/mol. The molecule has 0 aliphatic carbocycles. The van der Waals surface area contributed by atoms with Crippen LogP contribution in [-0.2, 0) is 4.74 Å². The van der Waals surface area contributed by atoms with Crippen molar-refractivity contribution in [2.45, 2.75) is 37.6 Å². The Labute approximate surface area is 186 Å². The van der Waals surface area contributed by atoms with Gasteiger partial charge >= 0.3 is 0 Å². The molecule has 0 unspecified atom stereocenters. The van der Waals surface area contributed by atoms with Crippen LogP contribution in [0.4, 0.5) is 0 Å². The van der Waals surface area contributed by atoms with E-state index in [4.69, 9.17) is 18.6 Å². The fraction of sp³-hybridized carbons (Fsp3) is 0.318. The van der Waals surface area contributed by atoms with E-state index < -0.39 is 53.4 Å². The normalized spacial score (nSPS) is 25.2. The van der Waals surface area contributed by atoms with Crippen LogP contribution in [0.3, 0.4) is 0 Å². The molecule has 0 spiro atoms. The van der Waals surface area contributed by atoms with Crippen LogP contribution in [0.2, 0.25) is 0 Å². The molecule has 1 aliphatic heterocycles. The lowest BCUT2D eigenvalue weighted by Gasteiger charge is -2.38. The lowest BCUT2D eigenvalue weighted by Crippen LogP contribution is -2.58. The first-order valence-corrected chi connectivity index (χ1v) is 9.89. The van der Waals surface area contributed by atoms with Crippen molar-refractivity contribution >= 4 is 11.0 Å². The van der Waals surface area contributed by atoms with Gasteiger partial charge in [-0.15, -0.1) is 0 Å². The molecule has 2 heterocycles. The molecule has 3 aromatic rings. The van der Waals surface area contributed by atoms with Gasteiger partial charge in [-0.05, 0) is 31.2 Å². The second kappa shape index (κ2) is 8.45. The fourth-order valence-corrected chi connectivity index (χ4v) is 3.61. The molecule has 1 aromatic heterocycles. The van der Waals surface area contributed by atoms with Gasteiger partial charge in [-0.2, -0.15) is 0 Å². The number of aliphatic hydroxyl groups excluding tert-OH is 3. The van der Waals surface area contributed by atoms with Gasteiger partial charge in [-0.3, -0.25) is 4.79 Å². The Balaban J connectivity index is 1.67. The second-order valence-corrected chi connectivity index (χ2v) is 7.58. The zero-order valence-electron chi connectivity index (χ0n) is 17.5. The van der Waals surface area contributed by atoms with Crippen LogP contribution in [0.15, 0.2) is 39.5 Å². The number of methoxy groups -OCH3 is 1. The first kappa shape index (κ1) is 22.7. The highest BCUT2D eigenvalue weighted by Gasteiger charge is 2.43. The molecule has 5 atom stereocenters. The average Bonchev–Trinajstić information content (AvgIpc) is 2.80. The molecule has 1 fully saturated rings. The quantitative estimate of drug-likeness (QED) is 0.302. The molecule has 33 heavy (non-hydrogen) atoms. The van der Waals surface area contributed by atoms with Crippen LogP contribution in [0.5, 0.6) is 28.7 Å². The third-order valence-corrected chi connectivity index (χ3v) is 5.45. The number of aromatic hydroxyl groups is 3. The third kappa shape index (κ3) is 3.80. The Morgan fingerprint density at radius 2 is 1.61 bits per heavy atom. The molecule has 4 rings (SSSR count). The van der Waals surface area contributed by atoms with Crippen LogP contribution in [0, 0.1) is 0 Å². The van der Waals surface area contributed by atoms with Gasteiger partial charge in [0.05, 0.1) is 13.2 Å². The number of rotatable bonds is 4. The summed E-state index contributed by atoms with van der Waals surface area (Å²) in [4.78, 5) is 12.7. The SMILES string of the molecule is COc1c(O)c(O)cc2oc(-c3ccc(O[C@@H]4O[C@@H](C)[C@H](O)[C@@H](O)[C@H]4O)cc3)c(O)c(=O)c12. The smallest absolute Gasteiger partial charge is 0.238 e. The number of hydrogen-bond donors (Lipinski definition) is 6. The van der Waals surface area contributed by atoms with Crippen molar-refractivity contribution in [1.82, 2.24) is 0 Å². The number of ether oxygens (including phenoxy) is 3. The van der Waals surface area contributed by atoms with E-state index in [1.165, 1.54) is 38.3 Å². The van der Waals surface area contributed by atoms with Crippen molar-refractivity contribution < 1.29 is 49.3 Å². The highest BCUT2D eigenvalue weighted by Crippen LogP contribution is 2.43. The maximum Gasteiger partial charge on any atom is 0.238 e. The summed E-state index contributed by atoms with van der Waals surface area (Å²) in [5.74, 6) is -2.29. The zero-order valence-corrected chi connectivity index (χ0v) is 17.5. The second-order valence-electron chi connectivity index (χ2n) is 7.58. The molecule has 0 amide bonds. The van der Waals surface area contributed by atoms with E-state index in [2.05, 4.69) is 0 Å². The number of fused-ring (bicyclic) bond motifs is 1. The molecule has 2 aromatic carbocycles. The van der Waals surface area contributed by atoms with Gasteiger partial charge in [-0.1, -0.05) is 0 Å². The van der Waals surface area contributed by atoms with Crippen LogP contribution in [-0.4, -0.2) is 68.5 Å². The predicted octanol–water partition coefficient (Wildman–Crippen LogP) is 0.792. The molecule has 6 N–H and O–H groups in total. The lowest BCUT2D eigenvalue weighted by atomic mass is 10.00. The molecule has 176 valence electrons. The molecule has 0 saturated carbocycles. The van der Waals surface area contributed by atoms with Crippen molar-refractivity contribution in [2.75, 3.05) is 7.11 Å². The Hall–Kier alpha value is -3.51. The molecular formula is C22H22O11. The first-order valence-electron chi connectivity index (χ1n) is 9.89. The predicted molar refractivity (Wildman–Crippen MR) is 112 cm³/mol. The molecule has 0 bridgehead atoms. The van der Waals surface area contributed by atoms with Gasteiger partial charge in [-0.25, -0.2) is 0 Å². The standard InChI is InChI=1S/C22H22O11/c1-8-14(24)17(27)19(29)22(31-8)32-10-5-3-9(4-6-10)20-18(28)16(26)13-12(33-20)7-11(23)15(25)21(13)30-2/h3-8,14,17,19,22-25,27-29H,1-2H3/t8-,14-,17+,19+,22-/m0/s1. The Morgan fingerprint density at radius 3 is 2.24 bits per heavy atom. The van der Waals surface area contributed by atoms with Crippen molar-refractivity contribution in [1.29, 1.82) is 0 Å². The molecule has 11 heteroatoms. The summed E-state index contributed by atoms with van der Waals surface area (Å²) in [7, 11) is 1.18. The van der Waals surface area contributed by atoms with E-state index in [0.29, 0.717) is 0 Å². The van der Waals surface area contributed by atoms with E-state index in [0.717, 1.165) is 6.07 Å². The number of hydrogen-bond acceptors (Lipinski definition) is 11. The van der Waals surface area contributed by atoms with E-state index in [-0.39, 0.29) is 33.8 Å². The number of aliphatic hydroxyl groups is 3. The van der Waals surface area contributed by atoms with Crippen molar-refractivity contribution in [2.24, 2.45) is 0 Å². The summed E-state index contributed by atoms with van der Waals surface area (Å²) in [6.45, 7) is 1.52. The van der Waals surface area contributed by atoms with Gasteiger partial charge < -0.3 is 49.3 Å². The minimum absolute atomic E-state index is 0.125. The van der Waals surface area contributed by atoms with Crippen LogP contribution in [0.25, 0.3) is 22.3 Å². The molecule has 11 nitrogen and oxygen atoms in total. The molecule has 1 aliphatic rings. The minimum Gasteiger partial charge on any atom is -0.504 e. The number of benzene rings is 2. The van der Waals surface area contributed by atoms with Crippen LogP contribution >= 0.6 is 0 Å². The first-order chi connectivity index (χ1) is 15.6. The van der Waals surface area contributed by atoms with E-state index in [1.54, 1.807) is 0 Å². The average molecular weight is 462 g/mol. The highest BCUT2D eigenvalue weighted by atomic mass is 16.7. The maximum atomic E-state index is 12.7. The Kier molecular flexibility index (Phi) is 5.80.